The summed E-state index contributed by atoms with van der Waals surface area (Å²) in [5, 5.41) is 3.25. The molecule has 0 radical (unpaired) electrons. The normalized spacial score (nSPS) is 17.4. The number of unbranched alkanes of at least 4 members (excludes halogenated alkanes) is 1. The Morgan fingerprint density at radius 2 is 2.24 bits per heavy atom. The summed E-state index contributed by atoms with van der Waals surface area (Å²) in [5.74, 6) is 1.52. The van der Waals surface area contributed by atoms with Crippen LogP contribution in [0.3, 0.4) is 0 Å². The lowest BCUT2D eigenvalue weighted by molar-refractivity contribution is 0.345. The van der Waals surface area contributed by atoms with Gasteiger partial charge in [0.25, 0.3) is 0 Å². The fourth-order valence-electron chi connectivity index (χ4n) is 2.14. The minimum atomic E-state index is 0.177. The molecule has 0 spiro atoms. The van der Waals surface area contributed by atoms with Crippen molar-refractivity contribution in [2.75, 3.05) is 24.2 Å². The molecule has 114 valence electrons. The van der Waals surface area contributed by atoms with Crippen LogP contribution in [0.15, 0.2) is 22.8 Å². The predicted octanol–water partition coefficient (Wildman–Crippen LogP) is 2.44. The van der Waals surface area contributed by atoms with E-state index in [-0.39, 0.29) is 12.0 Å². The number of hydrogen-bond acceptors (Lipinski definition) is 6. The van der Waals surface area contributed by atoms with Gasteiger partial charge >= 0.3 is 0 Å². The predicted molar refractivity (Wildman–Crippen MR) is 86.0 cm³/mol. The molecule has 3 N–H and O–H groups in total. The van der Waals surface area contributed by atoms with Gasteiger partial charge in [-0.3, -0.25) is 4.99 Å². The topological polar surface area (TPSA) is 85.4 Å². The van der Waals surface area contributed by atoms with Crippen molar-refractivity contribution >= 4 is 17.5 Å². The van der Waals surface area contributed by atoms with E-state index >= 15 is 0 Å². The lowest BCUT2D eigenvalue weighted by Crippen LogP contribution is -2.12. The van der Waals surface area contributed by atoms with Crippen LogP contribution >= 0.6 is 0 Å². The molecule has 0 saturated carbocycles. The van der Waals surface area contributed by atoms with Gasteiger partial charge in [-0.15, -0.1) is 0 Å². The minimum absolute atomic E-state index is 0.177. The highest BCUT2D eigenvalue weighted by molar-refractivity contribution is 5.95. The Bertz CT molecular complexity index is 553. The number of rotatable bonds is 7. The Balaban J connectivity index is 2.00. The summed E-state index contributed by atoms with van der Waals surface area (Å²) in [7, 11) is 0. The van der Waals surface area contributed by atoms with Gasteiger partial charge in [-0.05, 0) is 31.9 Å². The van der Waals surface area contributed by atoms with Crippen LogP contribution in [0, 0.1) is 0 Å². The van der Waals surface area contributed by atoms with Gasteiger partial charge in [0.05, 0.1) is 12.2 Å². The monoisotopic (exact) mass is 289 g/mol. The summed E-state index contributed by atoms with van der Waals surface area (Å²) >= 11 is 0. The minimum Gasteiger partial charge on any atom is -0.484 e. The van der Waals surface area contributed by atoms with Crippen molar-refractivity contribution in [3.05, 3.63) is 17.8 Å². The molecule has 0 saturated heterocycles. The highest BCUT2D eigenvalue weighted by Crippen LogP contribution is 2.23. The Morgan fingerprint density at radius 1 is 1.43 bits per heavy atom. The van der Waals surface area contributed by atoms with Gasteiger partial charge in [0.1, 0.15) is 6.61 Å². The molecule has 21 heavy (non-hydrogen) atoms. The smallest absolute Gasteiger partial charge is 0.222 e. The lowest BCUT2D eigenvalue weighted by Gasteiger charge is -2.13. The van der Waals surface area contributed by atoms with E-state index in [4.69, 9.17) is 10.5 Å². The summed E-state index contributed by atoms with van der Waals surface area (Å²) < 4.78 is 5.84. The molecule has 6 nitrogen and oxygen atoms in total. The van der Waals surface area contributed by atoms with Crippen LogP contribution in [-0.2, 0) is 0 Å². The van der Waals surface area contributed by atoms with Crippen LogP contribution < -0.4 is 15.8 Å². The standard InChI is InChI=1S/C15H23N5O/c1-4-5-6-17-14-13(8-18-15(16)20-14)21-9-12-7-10(2)19-11(12)3/h7-8,11H,4-6,9H2,1-3H3,(H3,16,17,18,20). The van der Waals surface area contributed by atoms with E-state index in [0.29, 0.717) is 18.2 Å². The highest BCUT2D eigenvalue weighted by Gasteiger charge is 2.15. The van der Waals surface area contributed by atoms with Crippen LogP contribution in [-0.4, -0.2) is 34.9 Å². The van der Waals surface area contributed by atoms with E-state index in [1.807, 2.05) is 6.92 Å². The van der Waals surface area contributed by atoms with E-state index in [1.165, 1.54) is 0 Å². The molecule has 1 aliphatic heterocycles. The van der Waals surface area contributed by atoms with Crippen molar-refractivity contribution in [3.8, 4) is 5.75 Å². The molecular formula is C15H23N5O. The lowest BCUT2D eigenvalue weighted by atomic mass is 10.1. The Morgan fingerprint density at radius 3 is 2.90 bits per heavy atom. The van der Waals surface area contributed by atoms with E-state index in [0.717, 1.165) is 30.7 Å². The third kappa shape index (κ3) is 4.18. The van der Waals surface area contributed by atoms with Gasteiger partial charge in [0.15, 0.2) is 11.6 Å². The number of nitrogens with zero attached hydrogens (tertiary/aromatic N) is 3. The molecule has 6 heteroatoms. The average Bonchev–Trinajstić information content (AvgIpc) is 2.76. The van der Waals surface area contributed by atoms with Crippen LogP contribution in [0.1, 0.15) is 33.6 Å². The number of aromatic nitrogens is 2. The molecule has 1 unspecified atom stereocenters. The molecule has 1 atom stereocenters. The van der Waals surface area contributed by atoms with Gasteiger partial charge in [-0.2, -0.15) is 4.98 Å². The van der Waals surface area contributed by atoms with E-state index in [9.17, 15) is 0 Å². The van der Waals surface area contributed by atoms with E-state index < -0.39 is 0 Å². The first-order valence-electron chi connectivity index (χ1n) is 7.34. The zero-order valence-corrected chi connectivity index (χ0v) is 12.9. The SMILES string of the molecule is CCCCNc1nc(N)ncc1OCC1=CC(C)=NC1C. The molecule has 0 amide bonds. The van der Waals surface area contributed by atoms with Crippen LogP contribution in [0.2, 0.25) is 0 Å². The summed E-state index contributed by atoms with van der Waals surface area (Å²) in [5.41, 5.74) is 7.84. The zero-order chi connectivity index (χ0) is 15.2. The third-order valence-corrected chi connectivity index (χ3v) is 3.32. The van der Waals surface area contributed by atoms with Crippen molar-refractivity contribution in [2.24, 2.45) is 4.99 Å². The van der Waals surface area contributed by atoms with E-state index in [2.05, 4.69) is 40.2 Å². The Labute approximate surface area is 125 Å². The summed E-state index contributed by atoms with van der Waals surface area (Å²) in [6.45, 7) is 7.52. The number of nitrogen functional groups attached to an aromatic ring is 1. The quantitative estimate of drug-likeness (QED) is 0.753. The molecule has 2 heterocycles. The first kappa shape index (κ1) is 15.3. The van der Waals surface area contributed by atoms with Crippen molar-refractivity contribution in [1.82, 2.24) is 9.97 Å². The maximum Gasteiger partial charge on any atom is 0.222 e. The van der Waals surface area contributed by atoms with Gasteiger partial charge in [0, 0.05) is 12.3 Å². The Kier molecular flexibility index (Phi) is 5.14. The maximum atomic E-state index is 5.84. The first-order valence-corrected chi connectivity index (χ1v) is 7.34. The molecule has 2 rings (SSSR count). The summed E-state index contributed by atoms with van der Waals surface area (Å²) in [4.78, 5) is 12.7. The molecule has 1 aromatic heterocycles. The number of aliphatic imine (C=N–C) groups is 1. The second kappa shape index (κ2) is 7.06. The number of anilines is 2. The van der Waals surface area contributed by atoms with Crippen molar-refractivity contribution < 1.29 is 4.74 Å². The van der Waals surface area contributed by atoms with Gasteiger partial charge < -0.3 is 15.8 Å². The second-order valence-corrected chi connectivity index (χ2v) is 5.18. The number of ether oxygens (including phenoxy) is 1. The maximum absolute atomic E-state index is 5.84. The molecule has 0 bridgehead atoms. The summed E-state index contributed by atoms with van der Waals surface area (Å²) in [6, 6.07) is 0.177. The van der Waals surface area contributed by atoms with Crippen molar-refractivity contribution in [1.29, 1.82) is 0 Å². The molecule has 0 fully saturated rings. The van der Waals surface area contributed by atoms with Gasteiger partial charge in [-0.25, -0.2) is 4.98 Å². The number of allylic oxidation sites excluding steroid dienone is 1. The number of hydrogen-bond donors (Lipinski definition) is 2. The molecule has 1 aliphatic rings. The van der Waals surface area contributed by atoms with Gasteiger partial charge in [0.2, 0.25) is 5.95 Å². The van der Waals surface area contributed by atoms with E-state index in [1.54, 1.807) is 6.20 Å². The van der Waals surface area contributed by atoms with Gasteiger partial charge in [-0.1, -0.05) is 13.3 Å². The largest absolute Gasteiger partial charge is 0.484 e. The highest BCUT2D eigenvalue weighted by atomic mass is 16.5. The number of nitrogens with one attached hydrogen (secondary N) is 1. The molecule has 0 aliphatic carbocycles. The first-order chi connectivity index (χ1) is 10.1. The average molecular weight is 289 g/mol. The molecular weight excluding hydrogens is 266 g/mol. The Hall–Kier alpha value is -2.11. The fourth-order valence-corrected chi connectivity index (χ4v) is 2.14. The van der Waals surface area contributed by atoms with Crippen LogP contribution in [0.4, 0.5) is 11.8 Å². The zero-order valence-electron chi connectivity index (χ0n) is 12.9. The second-order valence-electron chi connectivity index (χ2n) is 5.18. The molecule has 1 aromatic rings. The fraction of sp³-hybridized carbons (Fsp3) is 0.533. The van der Waals surface area contributed by atoms with Crippen LogP contribution in [0.5, 0.6) is 5.75 Å². The van der Waals surface area contributed by atoms with Crippen molar-refractivity contribution in [3.63, 3.8) is 0 Å². The third-order valence-electron chi connectivity index (χ3n) is 3.32. The summed E-state index contributed by atoms with van der Waals surface area (Å²) in [6.07, 6.45) is 5.86. The number of nitrogens with two attached hydrogens (primary N) is 1. The van der Waals surface area contributed by atoms with Crippen LogP contribution in [0.25, 0.3) is 0 Å². The van der Waals surface area contributed by atoms with Crippen molar-refractivity contribution in [2.45, 2.75) is 39.7 Å². The molecule has 0 aromatic carbocycles.